The van der Waals surface area contributed by atoms with E-state index >= 15 is 0 Å². The summed E-state index contributed by atoms with van der Waals surface area (Å²) in [5, 5.41) is 0. The van der Waals surface area contributed by atoms with Crippen LogP contribution >= 0.6 is 23.1 Å². The van der Waals surface area contributed by atoms with Crippen LogP contribution in [0.4, 0.5) is 11.4 Å². The molecule has 4 nitrogen and oxygen atoms in total. The van der Waals surface area contributed by atoms with Gasteiger partial charge >= 0.3 is 5.97 Å². The standard InChI is InChI=1S/C23H19NO3S2/c25-22(14-27-23(26)21-13-15-7-1-4-10-18(15)28-21)24-16-8-2-5-11-19(16)29-20-12-6-3-9-17(20)24/h2-3,5-6,8-9,11-13H,1,4,7,10,14H2. The summed E-state index contributed by atoms with van der Waals surface area (Å²) in [5.74, 6) is -0.662. The Morgan fingerprint density at radius 3 is 2.28 bits per heavy atom. The molecule has 0 saturated heterocycles. The van der Waals surface area contributed by atoms with Gasteiger partial charge in [-0.15, -0.1) is 11.3 Å². The first-order valence-corrected chi connectivity index (χ1v) is 11.3. The van der Waals surface area contributed by atoms with Crippen molar-refractivity contribution in [2.45, 2.75) is 35.5 Å². The molecule has 146 valence electrons. The lowest BCUT2D eigenvalue weighted by atomic mass is 9.99. The van der Waals surface area contributed by atoms with E-state index in [1.165, 1.54) is 34.6 Å². The van der Waals surface area contributed by atoms with Crippen LogP contribution < -0.4 is 4.90 Å². The highest BCUT2D eigenvalue weighted by atomic mass is 32.2. The Bertz CT molecular complexity index is 1040. The molecule has 2 heterocycles. The van der Waals surface area contributed by atoms with E-state index in [2.05, 4.69) is 0 Å². The molecule has 0 spiro atoms. The Kier molecular flexibility index (Phi) is 4.89. The smallest absolute Gasteiger partial charge is 0.348 e. The zero-order chi connectivity index (χ0) is 19.8. The second-order valence-electron chi connectivity index (χ2n) is 7.11. The van der Waals surface area contributed by atoms with Gasteiger partial charge in [-0.25, -0.2) is 4.79 Å². The molecule has 1 aliphatic carbocycles. The molecule has 6 heteroatoms. The van der Waals surface area contributed by atoms with Gasteiger partial charge in [0.1, 0.15) is 4.88 Å². The molecule has 0 fully saturated rings. The van der Waals surface area contributed by atoms with Crippen molar-refractivity contribution in [1.29, 1.82) is 0 Å². The van der Waals surface area contributed by atoms with Gasteiger partial charge in [-0.2, -0.15) is 0 Å². The molecule has 1 aliphatic heterocycles. The minimum Gasteiger partial charge on any atom is -0.451 e. The van der Waals surface area contributed by atoms with E-state index in [4.69, 9.17) is 4.74 Å². The number of hydrogen-bond donors (Lipinski definition) is 0. The number of ether oxygens (including phenoxy) is 1. The Morgan fingerprint density at radius 2 is 1.59 bits per heavy atom. The normalized spacial score (nSPS) is 14.6. The lowest BCUT2D eigenvalue weighted by molar-refractivity contribution is -0.121. The molecule has 0 radical (unpaired) electrons. The first-order chi connectivity index (χ1) is 14.2. The van der Waals surface area contributed by atoms with Crippen LogP contribution in [0.5, 0.6) is 0 Å². The number of amides is 1. The molecule has 2 aliphatic rings. The highest BCUT2D eigenvalue weighted by Gasteiger charge is 2.29. The van der Waals surface area contributed by atoms with Crippen LogP contribution in [0.25, 0.3) is 0 Å². The van der Waals surface area contributed by atoms with Gasteiger partial charge in [-0.3, -0.25) is 9.69 Å². The van der Waals surface area contributed by atoms with E-state index in [1.54, 1.807) is 16.7 Å². The second-order valence-corrected chi connectivity index (χ2v) is 9.33. The van der Waals surface area contributed by atoms with Gasteiger partial charge in [0.2, 0.25) is 0 Å². The summed E-state index contributed by atoms with van der Waals surface area (Å²) >= 11 is 3.15. The molecule has 0 bridgehead atoms. The molecule has 0 atom stereocenters. The maximum Gasteiger partial charge on any atom is 0.348 e. The Labute approximate surface area is 177 Å². The molecule has 1 aromatic heterocycles. The predicted octanol–water partition coefficient (Wildman–Crippen LogP) is 5.61. The molecule has 0 N–H and O–H groups in total. The van der Waals surface area contributed by atoms with Gasteiger partial charge in [0, 0.05) is 14.7 Å². The summed E-state index contributed by atoms with van der Waals surface area (Å²) in [7, 11) is 0. The summed E-state index contributed by atoms with van der Waals surface area (Å²) < 4.78 is 5.42. The molecular weight excluding hydrogens is 402 g/mol. The molecule has 5 rings (SSSR count). The highest BCUT2D eigenvalue weighted by molar-refractivity contribution is 7.99. The van der Waals surface area contributed by atoms with Crippen LogP contribution in [-0.2, 0) is 22.4 Å². The fraction of sp³-hybridized carbons (Fsp3) is 0.217. The number of anilines is 2. The fourth-order valence-corrected chi connectivity index (χ4v) is 6.03. The van der Waals surface area contributed by atoms with Crippen molar-refractivity contribution < 1.29 is 14.3 Å². The maximum absolute atomic E-state index is 13.1. The molecule has 3 aromatic rings. The van der Waals surface area contributed by atoms with Gasteiger partial charge in [0.05, 0.1) is 11.4 Å². The average molecular weight is 422 g/mol. The lowest BCUT2D eigenvalue weighted by Crippen LogP contribution is -2.32. The highest BCUT2D eigenvalue weighted by Crippen LogP contribution is 2.47. The quantitative estimate of drug-likeness (QED) is 0.516. The van der Waals surface area contributed by atoms with E-state index in [1.807, 2.05) is 54.6 Å². The van der Waals surface area contributed by atoms with E-state index in [0.717, 1.165) is 34.0 Å². The maximum atomic E-state index is 13.1. The number of esters is 1. The average Bonchev–Trinajstić information content (AvgIpc) is 3.20. The Morgan fingerprint density at radius 1 is 0.931 bits per heavy atom. The molecule has 0 unspecified atom stereocenters. The minimum absolute atomic E-state index is 0.250. The van der Waals surface area contributed by atoms with E-state index < -0.39 is 5.97 Å². The Hall–Kier alpha value is -2.57. The van der Waals surface area contributed by atoms with Crippen LogP contribution in [-0.4, -0.2) is 18.5 Å². The first kappa shape index (κ1) is 18.5. The largest absolute Gasteiger partial charge is 0.451 e. The van der Waals surface area contributed by atoms with Crippen LogP contribution in [0, 0.1) is 0 Å². The van der Waals surface area contributed by atoms with Crippen molar-refractivity contribution in [3.63, 3.8) is 0 Å². The van der Waals surface area contributed by atoms with Crippen LogP contribution in [0.15, 0.2) is 64.4 Å². The molecule has 29 heavy (non-hydrogen) atoms. The van der Waals surface area contributed by atoms with Crippen LogP contribution in [0.3, 0.4) is 0 Å². The molecule has 1 amide bonds. The van der Waals surface area contributed by atoms with Crippen LogP contribution in [0.1, 0.15) is 33.0 Å². The van der Waals surface area contributed by atoms with E-state index in [0.29, 0.717) is 4.88 Å². The van der Waals surface area contributed by atoms with Crippen molar-refractivity contribution in [3.8, 4) is 0 Å². The van der Waals surface area contributed by atoms with Gasteiger partial charge in [0.15, 0.2) is 6.61 Å². The first-order valence-electron chi connectivity index (χ1n) is 9.68. The van der Waals surface area contributed by atoms with Gasteiger partial charge in [0.25, 0.3) is 5.91 Å². The number of carbonyl (C=O) groups is 2. The zero-order valence-corrected chi connectivity index (χ0v) is 17.4. The SMILES string of the molecule is O=C(OCC(=O)N1c2ccccc2Sc2ccccc21)c1cc2c(s1)CCCC2. The predicted molar refractivity (Wildman–Crippen MR) is 115 cm³/mol. The lowest BCUT2D eigenvalue weighted by Gasteiger charge is -2.30. The van der Waals surface area contributed by atoms with Crippen molar-refractivity contribution in [2.75, 3.05) is 11.5 Å². The minimum atomic E-state index is -0.411. The van der Waals surface area contributed by atoms with E-state index in [-0.39, 0.29) is 12.5 Å². The number of fused-ring (bicyclic) bond motifs is 3. The monoisotopic (exact) mass is 421 g/mol. The number of rotatable bonds is 3. The van der Waals surface area contributed by atoms with Crippen LogP contribution in [0.2, 0.25) is 0 Å². The summed E-state index contributed by atoms with van der Waals surface area (Å²) in [4.78, 5) is 31.2. The van der Waals surface area contributed by atoms with Crippen molar-refractivity contribution in [3.05, 3.63) is 69.9 Å². The van der Waals surface area contributed by atoms with Gasteiger partial charge < -0.3 is 4.74 Å². The number of thiophene rings is 1. The number of hydrogen-bond acceptors (Lipinski definition) is 5. The third-order valence-electron chi connectivity index (χ3n) is 5.21. The number of para-hydroxylation sites is 2. The number of nitrogens with zero attached hydrogens (tertiary/aromatic N) is 1. The van der Waals surface area contributed by atoms with E-state index in [9.17, 15) is 9.59 Å². The van der Waals surface area contributed by atoms with Gasteiger partial charge in [-0.05, 0) is 61.6 Å². The van der Waals surface area contributed by atoms with Gasteiger partial charge in [-0.1, -0.05) is 36.0 Å². The number of aryl methyl sites for hydroxylation is 2. The Balaban J connectivity index is 1.36. The number of carbonyl (C=O) groups excluding carboxylic acids is 2. The van der Waals surface area contributed by atoms with Crippen molar-refractivity contribution >= 4 is 46.3 Å². The molecular formula is C23H19NO3S2. The summed E-state index contributed by atoms with van der Waals surface area (Å²) in [5.41, 5.74) is 2.91. The van der Waals surface area contributed by atoms with Crippen molar-refractivity contribution in [1.82, 2.24) is 0 Å². The third kappa shape index (κ3) is 3.47. The van der Waals surface area contributed by atoms with Crippen molar-refractivity contribution in [2.24, 2.45) is 0 Å². The second kappa shape index (κ2) is 7.69. The topological polar surface area (TPSA) is 46.6 Å². The summed E-state index contributed by atoms with van der Waals surface area (Å²) in [6.07, 6.45) is 4.40. The summed E-state index contributed by atoms with van der Waals surface area (Å²) in [6.45, 7) is -0.283. The fourth-order valence-electron chi connectivity index (χ4n) is 3.83. The summed E-state index contributed by atoms with van der Waals surface area (Å²) in [6, 6.07) is 17.5. The third-order valence-corrected chi connectivity index (χ3v) is 7.55. The zero-order valence-electron chi connectivity index (χ0n) is 15.7. The number of benzene rings is 2. The molecule has 2 aromatic carbocycles. The molecule has 0 saturated carbocycles.